The number of ketones is 1. The lowest BCUT2D eigenvalue weighted by Gasteiger charge is -2.38. The topological polar surface area (TPSA) is 241 Å². The standard InChI is InChI=1S/C54H66FN13O7S2/c1-32-33(2)63-64-48(32)62-49-39-27-44(77(73,74)54(4,5)6)43(28-40(39)58-31-59-49)75-26-25-65-21-23-66(24-22-65)45-15-12-37(29-57-45)52(71)67-19-16-35(17-20-67)46(61-50(70)34(3)56-7)53(72)68-18-8-9-42(68)51-60-41(30-76-51)47(69)36-10-13-38(55)14-11-36/h10-15,27-31,34-35,42,46,56H,8-9,16-26H2,1-7H3,(H,61,70)(H2,58,59,62,63,64). The molecule has 3 aliphatic rings. The van der Waals surface area contributed by atoms with Crippen molar-refractivity contribution in [2.75, 3.05) is 76.2 Å². The number of amides is 3. The van der Waals surface area contributed by atoms with Crippen LogP contribution in [-0.4, -0.2) is 160 Å². The van der Waals surface area contributed by atoms with Crippen molar-refractivity contribution in [3.63, 3.8) is 0 Å². The Labute approximate surface area is 451 Å². The van der Waals surface area contributed by atoms with Gasteiger partial charge in [-0.1, -0.05) is 0 Å². The number of thiazole rings is 1. The molecule has 9 rings (SSSR count). The molecule has 7 heterocycles. The number of aryl methyl sites for hydroxylation is 1. The summed E-state index contributed by atoms with van der Waals surface area (Å²) in [5.74, 6) is 0.288. The maximum absolute atomic E-state index is 14.6. The van der Waals surface area contributed by atoms with Gasteiger partial charge in [0.05, 0.1) is 27.9 Å². The summed E-state index contributed by atoms with van der Waals surface area (Å²) < 4.78 is 46.8. The van der Waals surface area contributed by atoms with E-state index in [4.69, 9.17) is 9.72 Å². The van der Waals surface area contributed by atoms with Gasteiger partial charge in [-0.3, -0.25) is 29.2 Å². The number of pyridine rings is 1. The SMILES string of the molecule is CNC(C)C(=O)NC(C(=O)N1CCCC1c1nc(C(=O)c2ccc(F)cc2)cs1)C1CCN(C(=O)c2ccc(N3CCN(CCOc4cc5ncnc(Nc6n[nH]c(C)c6C)c5cc4S(=O)(=O)C(C)(C)C)CC3)nc2)CC1. The van der Waals surface area contributed by atoms with E-state index >= 15 is 0 Å². The van der Waals surface area contributed by atoms with Crippen LogP contribution in [0.25, 0.3) is 10.9 Å². The fraction of sp³-hybridized carbons (Fsp3) is 0.463. The number of likely N-dealkylation sites (N-methyl/N-ethyl adjacent to an activating group) is 1. The number of carbonyl (C=O) groups is 4. The van der Waals surface area contributed by atoms with Gasteiger partial charge >= 0.3 is 0 Å². The summed E-state index contributed by atoms with van der Waals surface area (Å²) >= 11 is 1.30. The van der Waals surface area contributed by atoms with E-state index in [0.29, 0.717) is 110 Å². The van der Waals surface area contributed by atoms with E-state index in [9.17, 15) is 32.0 Å². The number of piperidine rings is 1. The van der Waals surface area contributed by atoms with Crippen molar-refractivity contribution in [3.05, 3.63) is 105 Å². The number of hydrogen-bond donors (Lipinski definition) is 4. The summed E-state index contributed by atoms with van der Waals surface area (Å²) in [6.45, 7) is 15.4. The molecule has 3 aliphatic heterocycles. The quantitative estimate of drug-likeness (QED) is 0.0764. The van der Waals surface area contributed by atoms with Gasteiger partial charge in [-0.2, -0.15) is 5.10 Å². The highest BCUT2D eigenvalue weighted by Gasteiger charge is 2.42. The van der Waals surface area contributed by atoms with Gasteiger partial charge in [-0.15, -0.1) is 11.3 Å². The van der Waals surface area contributed by atoms with Gasteiger partial charge in [0, 0.05) is 92.2 Å². The third kappa shape index (κ3) is 11.8. The number of nitrogens with one attached hydrogen (secondary N) is 4. The maximum atomic E-state index is 14.6. The number of benzene rings is 2. The Morgan fingerprint density at radius 3 is 2.30 bits per heavy atom. The van der Waals surface area contributed by atoms with Gasteiger partial charge in [0.1, 0.15) is 57.8 Å². The Hall–Kier alpha value is -6.95. The van der Waals surface area contributed by atoms with E-state index in [1.807, 2.05) is 19.9 Å². The number of carbonyl (C=O) groups excluding carboxylic acids is 4. The summed E-state index contributed by atoms with van der Waals surface area (Å²) in [6, 6.07) is 10.5. The molecule has 23 heteroatoms. The second kappa shape index (κ2) is 22.9. The number of likely N-dealkylation sites (tertiary alicyclic amines) is 2. The highest BCUT2D eigenvalue weighted by atomic mass is 32.2. The first-order chi connectivity index (χ1) is 36.8. The fourth-order valence-corrected chi connectivity index (χ4v) is 12.1. The average molecular weight is 1090 g/mol. The normalized spacial score (nSPS) is 17.6. The molecule has 408 valence electrons. The molecule has 3 amide bonds. The van der Waals surface area contributed by atoms with E-state index in [0.717, 1.165) is 23.5 Å². The molecule has 6 aromatic rings. The Morgan fingerprint density at radius 1 is 0.909 bits per heavy atom. The van der Waals surface area contributed by atoms with Crippen molar-refractivity contribution in [3.8, 4) is 5.75 Å². The molecular formula is C54H66FN13O7S2. The number of aromatic nitrogens is 6. The molecular weight excluding hydrogens is 1030 g/mol. The molecule has 20 nitrogen and oxygen atoms in total. The highest BCUT2D eigenvalue weighted by Crippen LogP contribution is 2.39. The number of H-pyrrole nitrogens is 1. The van der Waals surface area contributed by atoms with Crippen LogP contribution in [0.3, 0.4) is 0 Å². The molecule has 0 spiro atoms. The predicted octanol–water partition coefficient (Wildman–Crippen LogP) is 6.02. The van der Waals surface area contributed by atoms with Crippen molar-refractivity contribution in [2.45, 2.75) is 95.0 Å². The number of sulfone groups is 1. The van der Waals surface area contributed by atoms with Crippen LogP contribution in [0, 0.1) is 25.6 Å². The number of nitrogens with zero attached hydrogens (tertiary/aromatic N) is 9. The Kier molecular flexibility index (Phi) is 16.3. The minimum atomic E-state index is -3.86. The predicted molar refractivity (Wildman–Crippen MR) is 291 cm³/mol. The molecule has 4 N–H and O–H groups in total. The molecule has 3 atom stereocenters. The van der Waals surface area contributed by atoms with Crippen molar-refractivity contribution < 1.29 is 36.7 Å². The van der Waals surface area contributed by atoms with Crippen LogP contribution in [0.2, 0.25) is 0 Å². The van der Waals surface area contributed by atoms with Crippen LogP contribution in [0.4, 0.5) is 21.8 Å². The first kappa shape index (κ1) is 54.8. The van der Waals surface area contributed by atoms with Gasteiger partial charge in [0.25, 0.3) is 5.91 Å². The number of hydrogen-bond acceptors (Lipinski definition) is 17. The molecule has 2 aromatic carbocycles. The lowest BCUT2D eigenvalue weighted by atomic mass is 9.87. The maximum Gasteiger partial charge on any atom is 0.255 e. The molecule has 0 radical (unpaired) electrons. The van der Waals surface area contributed by atoms with Crippen LogP contribution in [-0.2, 0) is 19.4 Å². The molecule has 0 aliphatic carbocycles. The Morgan fingerprint density at radius 2 is 1.64 bits per heavy atom. The molecule has 3 unspecified atom stereocenters. The van der Waals surface area contributed by atoms with Crippen LogP contribution in [0.15, 0.2) is 71.3 Å². The monoisotopic (exact) mass is 1090 g/mol. The zero-order chi connectivity index (χ0) is 54.8. The second-order valence-corrected chi connectivity index (χ2v) is 24.5. The third-order valence-corrected chi connectivity index (χ3v) is 18.5. The number of aromatic amines is 1. The number of anilines is 3. The first-order valence-corrected chi connectivity index (χ1v) is 28.4. The Bertz CT molecular complexity index is 3240. The van der Waals surface area contributed by atoms with E-state index in [2.05, 4.69) is 50.9 Å². The fourth-order valence-electron chi connectivity index (χ4n) is 9.89. The largest absolute Gasteiger partial charge is 0.491 e. The van der Waals surface area contributed by atoms with Gasteiger partial charge in [0.2, 0.25) is 17.6 Å². The summed E-state index contributed by atoms with van der Waals surface area (Å²) in [5.41, 5.74) is 3.34. The Balaban J connectivity index is 0.787. The van der Waals surface area contributed by atoms with Crippen LogP contribution < -0.4 is 25.6 Å². The van der Waals surface area contributed by atoms with Crippen molar-refractivity contribution in [1.29, 1.82) is 0 Å². The van der Waals surface area contributed by atoms with Gasteiger partial charge in [0.15, 0.2) is 15.7 Å². The van der Waals surface area contributed by atoms with E-state index in [-0.39, 0.29) is 58.4 Å². The summed E-state index contributed by atoms with van der Waals surface area (Å²) in [6.07, 6.45) is 5.38. The van der Waals surface area contributed by atoms with Crippen LogP contribution in [0.1, 0.15) is 102 Å². The first-order valence-electron chi connectivity index (χ1n) is 26.0. The number of fused-ring (bicyclic) bond motifs is 1. The van der Waals surface area contributed by atoms with Crippen molar-refractivity contribution >= 4 is 73.0 Å². The lowest BCUT2D eigenvalue weighted by molar-refractivity contribution is -0.139. The zero-order valence-corrected chi connectivity index (χ0v) is 46.1. The highest BCUT2D eigenvalue weighted by molar-refractivity contribution is 7.92. The summed E-state index contributed by atoms with van der Waals surface area (Å²) in [5, 5.41) is 19.3. The van der Waals surface area contributed by atoms with Crippen molar-refractivity contribution in [2.24, 2.45) is 5.92 Å². The molecule has 0 saturated carbocycles. The van der Waals surface area contributed by atoms with Gasteiger partial charge in [-0.05, 0) is 123 Å². The van der Waals surface area contributed by atoms with Crippen LogP contribution in [0.5, 0.6) is 5.75 Å². The minimum Gasteiger partial charge on any atom is -0.491 e. The average Bonchev–Trinajstić information content (AvgIpc) is 4.24. The van der Waals surface area contributed by atoms with Crippen molar-refractivity contribution in [1.82, 2.24) is 55.5 Å². The van der Waals surface area contributed by atoms with Gasteiger partial charge < -0.3 is 35.4 Å². The van der Waals surface area contributed by atoms with E-state index < -0.39 is 32.5 Å². The molecule has 3 fully saturated rings. The summed E-state index contributed by atoms with van der Waals surface area (Å²) in [4.78, 5) is 81.3. The number of ether oxygens (including phenoxy) is 1. The van der Waals surface area contributed by atoms with E-state index in [1.54, 1.807) is 74.3 Å². The molecule has 0 bridgehead atoms. The smallest absolute Gasteiger partial charge is 0.255 e. The molecule has 4 aromatic heterocycles. The number of rotatable bonds is 17. The summed E-state index contributed by atoms with van der Waals surface area (Å²) in [7, 11) is -2.18. The second-order valence-electron chi connectivity index (χ2n) is 20.9. The zero-order valence-electron chi connectivity index (χ0n) is 44.4. The minimum absolute atomic E-state index is 0.0614. The molecule has 77 heavy (non-hydrogen) atoms. The van der Waals surface area contributed by atoms with Crippen LogP contribution >= 0.6 is 11.3 Å². The molecule has 3 saturated heterocycles. The van der Waals surface area contributed by atoms with Gasteiger partial charge in [-0.25, -0.2) is 32.7 Å². The van der Waals surface area contributed by atoms with E-state index in [1.165, 1.54) is 41.9 Å². The number of piperazine rings is 1. The number of halogens is 1. The lowest BCUT2D eigenvalue weighted by Crippen LogP contribution is -2.57. The third-order valence-electron chi connectivity index (χ3n) is 15.0.